The summed E-state index contributed by atoms with van der Waals surface area (Å²) in [5, 5.41) is 0. The second-order valence-electron chi connectivity index (χ2n) is 6.37. The van der Waals surface area contributed by atoms with Gasteiger partial charge in [-0.25, -0.2) is 4.79 Å². The third kappa shape index (κ3) is 3.20. The van der Waals surface area contributed by atoms with Gasteiger partial charge in [0.2, 0.25) is 5.78 Å². The second-order valence-corrected chi connectivity index (χ2v) is 6.37. The molecule has 0 spiro atoms. The lowest BCUT2D eigenvalue weighted by molar-refractivity contribution is 0.0309. The molecule has 0 unspecified atom stereocenters. The molecule has 0 saturated heterocycles. The maximum absolute atomic E-state index is 12.9. The number of Topliss-reactive ketones (excluding diaryl/α,β-unsaturated/α-hetero) is 1. The van der Waals surface area contributed by atoms with E-state index in [0.717, 1.165) is 17.1 Å². The highest BCUT2D eigenvalue weighted by atomic mass is 16.5. The van der Waals surface area contributed by atoms with E-state index in [0.29, 0.717) is 11.3 Å². The lowest BCUT2D eigenvalue weighted by atomic mass is 10.1. The number of rotatable bonds is 5. The van der Waals surface area contributed by atoms with Crippen LogP contribution in [0.3, 0.4) is 0 Å². The van der Waals surface area contributed by atoms with Gasteiger partial charge in [0.05, 0.1) is 0 Å². The van der Waals surface area contributed by atoms with Gasteiger partial charge < -0.3 is 13.9 Å². The molecule has 5 heteroatoms. The lowest BCUT2D eigenvalue weighted by Crippen LogP contribution is -2.25. The molecule has 0 amide bonds. The fourth-order valence-corrected chi connectivity index (χ4v) is 3.15. The maximum Gasteiger partial charge on any atom is 0.355 e. The van der Waals surface area contributed by atoms with Crippen molar-refractivity contribution in [1.82, 2.24) is 9.13 Å². The number of carbonyl (C=O) groups excluding carboxylic acids is 2. The Labute approximate surface area is 152 Å². The maximum atomic E-state index is 12.9. The van der Waals surface area contributed by atoms with Crippen LogP contribution in [0.4, 0.5) is 0 Å². The summed E-state index contributed by atoms with van der Waals surface area (Å²) in [6.45, 7) is 5.47. The predicted molar refractivity (Wildman–Crippen MR) is 99.9 cm³/mol. The zero-order valence-electron chi connectivity index (χ0n) is 15.4. The molecule has 0 saturated carbocycles. The number of esters is 1. The number of aryl methyl sites for hydroxylation is 2. The summed E-state index contributed by atoms with van der Waals surface area (Å²) in [4.78, 5) is 25.1. The van der Waals surface area contributed by atoms with E-state index in [4.69, 9.17) is 4.74 Å². The highest BCUT2D eigenvalue weighted by Crippen LogP contribution is 2.22. The Bertz CT molecular complexity index is 951. The number of hydrogen-bond donors (Lipinski definition) is 0. The summed E-state index contributed by atoms with van der Waals surface area (Å²) in [6, 6.07) is 15.1. The van der Waals surface area contributed by atoms with Crippen LogP contribution in [0.25, 0.3) is 5.69 Å². The van der Waals surface area contributed by atoms with Crippen molar-refractivity contribution in [1.29, 1.82) is 0 Å². The molecule has 1 atom stereocenters. The number of hydrogen-bond acceptors (Lipinski definition) is 3. The van der Waals surface area contributed by atoms with Crippen molar-refractivity contribution < 1.29 is 14.3 Å². The summed E-state index contributed by atoms with van der Waals surface area (Å²) in [6.07, 6.45) is 0.901. The number of aromatic nitrogens is 2. The Kier molecular flexibility index (Phi) is 4.80. The Morgan fingerprint density at radius 3 is 2.35 bits per heavy atom. The lowest BCUT2D eigenvalue weighted by Gasteiger charge is -2.13. The van der Waals surface area contributed by atoms with E-state index in [9.17, 15) is 9.59 Å². The van der Waals surface area contributed by atoms with Gasteiger partial charge in [-0.1, -0.05) is 18.2 Å². The van der Waals surface area contributed by atoms with Crippen molar-refractivity contribution in [3.05, 3.63) is 77.4 Å². The molecule has 5 nitrogen and oxygen atoms in total. The Hall–Kier alpha value is -3.08. The van der Waals surface area contributed by atoms with Crippen molar-refractivity contribution in [3.8, 4) is 5.69 Å². The SMILES string of the molecule is Cc1cc(C(=O)[C@@H](C)OC(=O)c2cccn2C)c(C)n1-c1ccccc1. The number of nitrogens with zero attached hydrogens (tertiary/aromatic N) is 2. The quantitative estimate of drug-likeness (QED) is 0.519. The first-order valence-corrected chi connectivity index (χ1v) is 8.51. The van der Waals surface area contributed by atoms with Crippen molar-refractivity contribution >= 4 is 11.8 Å². The van der Waals surface area contributed by atoms with Gasteiger partial charge in [-0.3, -0.25) is 4.79 Å². The molecule has 0 radical (unpaired) electrons. The van der Waals surface area contributed by atoms with Gasteiger partial charge in [-0.05, 0) is 51.1 Å². The fraction of sp³-hybridized carbons (Fsp3) is 0.238. The van der Waals surface area contributed by atoms with Crippen LogP contribution < -0.4 is 0 Å². The third-order valence-electron chi connectivity index (χ3n) is 4.52. The van der Waals surface area contributed by atoms with Crippen LogP contribution in [-0.4, -0.2) is 27.0 Å². The van der Waals surface area contributed by atoms with Crippen molar-refractivity contribution in [2.45, 2.75) is 26.9 Å². The molecule has 0 N–H and O–H groups in total. The molecule has 0 aliphatic carbocycles. The van der Waals surface area contributed by atoms with Gasteiger partial charge in [0.25, 0.3) is 0 Å². The smallest absolute Gasteiger partial charge is 0.355 e. The molecule has 2 heterocycles. The van der Waals surface area contributed by atoms with Crippen LogP contribution in [0, 0.1) is 13.8 Å². The molecule has 0 aliphatic heterocycles. The van der Waals surface area contributed by atoms with E-state index in [1.807, 2.05) is 54.8 Å². The van der Waals surface area contributed by atoms with Crippen LogP contribution in [-0.2, 0) is 11.8 Å². The average Bonchev–Trinajstić information content (AvgIpc) is 3.18. The molecule has 26 heavy (non-hydrogen) atoms. The average molecular weight is 350 g/mol. The Balaban J connectivity index is 1.84. The van der Waals surface area contributed by atoms with Crippen LogP contribution in [0.5, 0.6) is 0 Å². The van der Waals surface area contributed by atoms with E-state index in [1.54, 1.807) is 36.9 Å². The Morgan fingerprint density at radius 1 is 1.04 bits per heavy atom. The zero-order valence-corrected chi connectivity index (χ0v) is 15.4. The molecular weight excluding hydrogens is 328 g/mol. The molecule has 0 fully saturated rings. The molecule has 3 rings (SSSR count). The van der Waals surface area contributed by atoms with Crippen molar-refractivity contribution in [2.75, 3.05) is 0 Å². The van der Waals surface area contributed by atoms with E-state index in [1.165, 1.54) is 0 Å². The van der Waals surface area contributed by atoms with Gasteiger partial charge in [0.15, 0.2) is 6.10 Å². The molecule has 0 bridgehead atoms. The summed E-state index contributed by atoms with van der Waals surface area (Å²) in [7, 11) is 1.76. The predicted octanol–water partition coefficient (Wildman–Crippen LogP) is 3.86. The van der Waals surface area contributed by atoms with Gasteiger partial charge in [-0.2, -0.15) is 0 Å². The van der Waals surface area contributed by atoms with Gasteiger partial charge in [-0.15, -0.1) is 0 Å². The molecule has 3 aromatic rings. The van der Waals surface area contributed by atoms with Gasteiger partial charge in [0.1, 0.15) is 5.69 Å². The monoisotopic (exact) mass is 350 g/mol. The fourth-order valence-electron chi connectivity index (χ4n) is 3.15. The van der Waals surface area contributed by atoms with Crippen molar-refractivity contribution in [3.63, 3.8) is 0 Å². The Morgan fingerprint density at radius 2 is 1.73 bits per heavy atom. The molecule has 2 aromatic heterocycles. The summed E-state index contributed by atoms with van der Waals surface area (Å²) in [5.74, 6) is -0.710. The number of carbonyl (C=O) groups is 2. The molecule has 134 valence electrons. The molecule has 0 aliphatic rings. The first-order chi connectivity index (χ1) is 12.4. The first-order valence-electron chi connectivity index (χ1n) is 8.51. The minimum absolute atomic E-state index is 0.206. The summed E-state index contributed by atoms with van der Waals surface area (Å²) in [5.41, 5.74) is 3.77. The highest BCUT2D eigenvalue weighted by molar-refractivity contribution is 6.02. The van der Waals surface area contributed by atoms with Crippen LogP contribution in [0.15, 0.2) is 54.7 Å². The van der Waals surface area contributed by atoms with Crippen LogP contribution in [0.1, 0.15) is 39.2 Å². The minimum Gasteiger partial charge on any atom is -0.450 e. The van der Waals surface area contributed by atoms with E-state index in [2.05, 4.69) is 0 Å². The van der Waals surface area contributed by atoms with Crippen LogP contribution in [0.2, 0.25) is 0 Å². The van der Waals surface area contributed by atoms with E-state index >= 15 is 0 Å². The zero-order chi connectivity index (χ0) is 18.8. The van der Waals surface area contributed by atoms with E-state index in [-0.39, 0.29) is 5.78 Å². The minimum atomic E-state index is -0.859. The third-order valence-corrected chi connectivity index (χ3v) is 4.52. The van der Waals surface area contributed by atoms with E-state index < -0.39 is 12.1 Å². The summed E-state index contributed by atoms with van der Waals surface area (Å²) < 4.78 is 9.08. The molecule has 1 aromatic carbocycles. The standard InChI is InChI=1S/C21H22N2O3/c1-14-13-18(15(2)23(14)17-9-6-5-7-10-17)20(24)16(3)26-21(25)19-11-8-12-22(19)4/h5-13,16H,1-4H3/t16-/m1/s1. The van der Waals surface area contributed by atoms with Gasteiger partial charge in [0, 0.05) is 35.9 Å². The van der Waals surface area contributed by atoms with Crippen molar-refractivity contribution in [2.24, 2.45) is 7.05 Å². The topological polar surface area (TPSA) is 53.2 Å². The van der Waals surface area contributed by atoms with Gasteiger partial charge >= 0.3 is 5.97 Å². The summed E-state index contributed by atoms with van der Waals surface area (Å²) >= 11 is 0. The largest absolute Gasteiger partial charge is 0.450 e. The normalized spacial score (nSPS) is 12.0. The van der Waals surface area contributed by atoms with Crippen LogP contribution >= 0.6 is 0 Å². The molecular formula is C21H22N2O3. The highest BCUT2D eigenvalue weighted by Gasteiger charge is 2.25. The number of para-hydroxylation sites is 1. The number of ether oxygens (including phenoxy) is 1. The number of ketones is 1. The first kappa shape index (κ1) is 17.7. The second kappa shape index (κ2) is 7.04. The number of benzene rings is 1.